The zero-order chi connectivity index (χ0) is 6.73. The van der Waals surface area contributed by atoms with E-state index in [4.69, 9.17) is 0 Å². The molecule has 0 N–H and O–H groups in total. The Kier molecular flexibility index (Phi) is 2.91. The molecule has 0 amide bonds. The first-order valence-corrected chi connectivity index (χ1v) is 3.72. The molecule has 0 fully saturated rings. The lowest BCUT2D eigenvalue weighted by atomic mass is 11.8. The van der Waals surface area contributed by atoms with Gasteiger partial charge in [0, 0.05) is 0 Å². The molecule has 7 heteroatoms. The van der Waals surface area contributed by atoms with Crippen LogP contribution in [-0.4, -0.2) is 16.8 Å². The topological polar surface area (TPSA) is 68.3 Å². The second-order valence-corrected chi connectivity index (χ2v) is 2.95. The molecule has 0 bridgehead atoms. The van der Waals surface area contributed by atoms with E-state index < -0.39 is 26.2 Å². The van der Waals surface area contributed by atoms with E-state index >= 15 is 0 Å². The summed E-state index contributed by atoms with van der Waals surface area (Å²) in [6.07, 6.45) is 0. The Morgan fingerprint density at radius 1 is 1.00 bits per heavy atom. The lowest BCUT2D eigenvalue weighted by molar-refractivity contribution is 0.557. The van der Waals surface area contributed by atoms with E-state index in [9.17, 15) is 21.2 Å². The molecule has 0 heterocycles. The van der Waals surface area contributed by atoms with Crippen LogP contribution in [0.1, 0.15) is 0 Å². The van der Waals surface area contributed by atoms with Crippen LogP contribution < -0.4 is 0 Å². The van der Waals surface area contributed by atoms with Gasteiger partial charge in [0.05, 0.1) is 0 Å². The molecular formula is CH2FO4S2. The van der Waals surface area contributed by atoms with E-state index in [0.717, 1.165) is 0 Å². The monoisotopic (exact) mass is 161 g/mol. The maximum atomic E-state index is 11.4. The van der Waals surface area contributed by atoms with Crippen LogP contribution in [0.5, 0.6) is 0 Å². The maximum Gasteiger partial charge on any atom is 0.365 e. The SMILES string of the molecule is O=[SH](=O)[C](F)[SH](=O)=O. The predicted molar refractivity (Wildman–Crippen MR) is 25.0 cm³/mol. The second-order valence-electron chi connectivity index (χ2n) is 0.783. The lowest BCUT2D eigenvalue weighted by Crippen LogP contribution is -1.91. The molecule has 1 radical (unpaired) electrons. The summed E-state index contributed by atoms with van der Waals surface area (Å²) in [6.45, 7) is 0. The van der Waals surface area contributed by atoms with Gasteiger partial charge in [0.1, 0.15) is 0 Å². The minimum absolute atomic E-state index is 1.99. The fourth-order valence-corrected chi connectivity index (χ4v) is 0.600. The molecule has 0 unspecified atom stereocenters. The zero-order valence-electron chi connectivity index (χ0n) is 3.41. The molecule has 0 atom stereocenters. The number of rotatable bonds is 2. The Labute approximate surface area is 48.2 Å². The van der Waals surface area contributed by atoms with Crippen molar-refractivity contribution in [2.45, 2.75) is 0 Å². The van der Waals surface area contributed by atoms with Crippen molar-refractivity contribution in [2.75, 3.05) is 0 Å². The minimum Gasteiger partial charge on any atom is -0.227 e. The predicted octanol–water partition coefficient (Wildman–Crippen LogP) is -1.37. The summed E-state index contributed by atoms with van der Waals surface area (Å²) in [7, 11) is -7.09. The van der Waals surface area contributed by atoms with Crippen molar-refractivity contribution in [1.82, 2.24) is 0 Å². The standard InChI is InChI=1S/CH2FO4S2/c2-1(7(3)4)8(5)6/h7-8H. The van der Waals surface area contributed by atoms with Crippen LogP contribution in [0, 0.1) is 4.84 Å². The van der Waals surface area contributed by atoms with Crippen molar-refractivity contribution in [3.63, 3.8) is 0 Å². The average molecular weight is 161 g/mol. The van der Waals surface area contributed by atoms with Gasteiger partial charge < -0.3 is 0 Å². The molecule has 49 valence electrons. The second kappa shape index (κ2) is 2.98. The Hall–Kier alpha value is -0.170. The maximum absolute atomic E-state index is 11.4. The summed E-state index contributed by atoms with van der Waals surface area (Å²) in [5, 5.41) is 0. The Morgan fingerprint density at radius 3 is 1.25 bits per heavy atom. The van der Waals surface area contributed by atoms with Gasteiger partial charge in [-0.3, -0.25) is 0 Å². The quantitative estimate of drug-likeness (QED) is 0.490. The van der Waals surface area contributed by atoms with Gasteiger partial charge >= 0.3 is 4.84 Å². The first-order valence-electron chi connectivity index (χ1n) is 1.37. The molecule has 0 aliphatic rings. The summed E-state index contributed by atoms with van der Waals surface area (Å²) in [5.41, 5.74) is 0. The summed E-state index contributed by atoms with van der Waals surface area (Å²) in [4.78, 5) is -1.99. The Balaban J connectivity index is 4.27. The third-order valence-corrected chi connectivity index (χ3v) is 1.88. The van der Waals surface area contributed by atoms with E-state index in [2.05, 4.69) is 0 Å². The molecule has 0 aliphatic heterocycles. The van der Waals surface area contributed by atoms with E-state index in [1.54, 1.807) is 0 Å². The smallest absolute Gasteiger partial charge is 0.227 e. The highest BCUT2D eigenvalue weighted by molar-refractivity contribution is 7.95. The highest BCUT2D eigenvalue weighted by Gasteiger charge is 2.13. The van der Waals surface area contributed by atoms with Gasteiger partial charge in [-0.1, -0.05) is 0 Å². The highest BCUT2D eigenvalue weighted by atomic mass is 32.2. The van der Waals surface area contributed by atoms with Crippen LogP contribution >= 0.6 is 0 Å². The molecule has 8 heavy (non-hydrogen) atoms. The number of hydrogen-bond donors (Lipinski definition) is 2. The number of thiol groups is 2. The molecule has 0 aromatic rings. The third-order valence-electron chi connectivity index (χ3n) is 0.301. The Bertz CT molecular complexity index is 164. The van der Waals surface area contributed by atoms with Crippen molar-refractivity contribution < 1.29 is 21.2 Å². The van der Waals surface area contributed by atoms with Gasteiger partial charge in [0.25, 0.3) is 0 Å². The normalized spacial score (nSPS) is 11.5. The van der Waals surface area contributed by atoms with Gasteiger partial charge in [-0.2, -0.15) is 0 Å². The first-order chi connectivity index (χ1) is 3.55. The fraction of sp³-hybridized carbons (Fsp3) is 0. The van der Waals surface area contributed by atoms with Gasteiger partial charge in [-0.25, -0.2) is 21.2 Å². The van der Waals surface area contributed by atoms with E-state index in [-0.39, 0.29) is 0 Å². The zero-order valence-corrected chi connectivity index (χ0v) is 5.19. The molecule has 4 nitrogen and oxygen atoms in total. The van der Waals surface area contributed by atoms with Crippen molar-refractivity contribution in [2.24, 2.45) is 0 Å². The molecule has 0 saturated heterocycles. The van der Waals surface area contributed by atoms with Gasteiger partial charge in [-0.05, 0) is 0 Å². The van der Waals surface area contributed by atoms with Gasteiger partial charge in [0.2, 0.25) is 0 Å². The lowest BCUT2D eigenvalue weighted by Gasteiger charge is -1.78. The highest BCUT2D eigenvalue weighted by Crippen LogP contribution is 2.00. The number of hydrogen-bond acceptors (Lipinski definition) is 4. The van der Waals surface area contributed by atoms with Gasteiger partial charge in [0.15, 0.2) is 21.4 Å². The van der Waals surface area contributed by atoms with Gasteiger partial charge in [-0.15, -0.1) is 0 Å². The molecule has 0 saturated carbocycles. The largest absolute Gasteiger partial charge is 0.365 e. The minimum atomic E-state index is -3.55. The summed E-state index contributed by atoms with van der Waals surface area (Å²) >= 11 is 0. The van der Waals surface area contributed by atoms with Crippen molar-refractivity contribution in [3.8, 4) is 0 Å². The van der Waals surface area contributed by atoms with E-state index in [0.29, 0.717) is 0 Å². The molecule has 0 rings (SSSR count). The Morgan fingerprint density at radius 2 is 1.25 bits per heavy atom. The molecule has 0 aliphatic carbocycles. The summed E-state index contributed by atoms with van der Waals surface area (Å²) < 4.78 is 48.9. The van der Waals surface area contributed by atoms with E-state index in [1.165, 1.54) is 0 Å². The summed E-state index contributed by atoms with van der Waals surface area (Å²) in [6, 6.07) is 0. The van der Waals surface area contributed by atoms with Crippen molar-refractivity contribution in [1.29, 1.82) is 0 Å². The fourth-order valence-electron chi connectivity index (χ4n) is 0.0667. The third kappa shape index (κ3) is 2.22. The van der Waals surface area contributed by atoms with Crippen LogP contribution in [0.4, 0.5) is 4.39 Å². The first kappa shape index (κ1) is 7.83. The van der Waals surface area contributed by atoms with Crippen LogP contribution in [0.2, 0.25) is 0 Å². The van der Waals surface area contributed by atoms with Crippen molar-refractivity contribution >= 4 is 21.4 Å². The molecule has 0 aromatic heterocycles. The number of halogens is 1. The van der Waals surface area contributed by atoms with Crippen LogP contribution in [0.25, 0.3) is 0 Å². The average Bonchev–Trinajstić information content (AvgIpc) is 1.64. The van der Waals surface area contributed by atoms with Crippen LogP contribution in [0.15, 0.2) is 0 Å². The van der Waals surface area contributed by atoms with Crippen molar-refractivity contribution in [3.05, 3.63) is 4.84 Å². The van der Waals surface area contributed by atoms with Crippen LogP contribution in [-0.2, 0) is 21.4 Å². The van der Waals surface area contributed by atoms with Crippen LogP contribution in [0.3, 0.4) is 0 Å². The summed E-state index contributed by atoms with van der Waals surface area (Å²) in [5.74, 6) is 0. The molecular weight excluding hydrogens is 159 g/mol. The molecule has 0 aromatic carbocycles. The molecule has 0 spiro atoms. The van der Waals surface area contributed by atoms with E-state index in [1.807, 2.05) is 0 Å².